The van der Waals surface area contributed by atoms with Gasteiger partial charge in [0, 0.05) is 35.6 Å². The number of nitro groups is 1. The van der Waals surface area contributed by atoms with Crippen molar-refractivity contribution in [3.05, 3.63) is 50.4 Å². The van der Waals surface area contributed by atoms with Crippen LogP contribution in [0, 0.1) is 10.1 Å². The summed E-state index contributed by atoms with van der Waals surface area (Å²) >= 11 is 0. The summed E-state index contributed by atoms with van der Waals surface area (Å²) in [7, 11) is 0. The quantitative estimate of drug-likeness (QED) is 0.190. The van der Waals surface area contributed by atoms with Crippen LogP contribution in [0.2, 0.25) is 0 Å². The molecule has 0 N–H and O–H groups in total. The van der Waals surface area contributed by atoms with Crippen LogP contribution in [0.5, 0.6) is 0 Å². The lowest BCUT2D eigenvalue weighted by molar-refractivity contribution is -0.384. The van der Waals surface area contributed by atoms with Gasteiger partial charge < -0.3 is 0 Å². The van der Waals surface area contributed by atoms with Crippen LogP contribution in [0.15, 0.2) is 29.4 Å². The molecule has 7 heteroatoms. The molecule has 0 amide bonds. The molecule has 0 unspecified atom stereocenters. The van der Waals surface area contributed by atoms with E-state index < -0.39 is 4.92 Å². The van der Waals surface area contributed by atoms with Crippen molar-refractivity contribution in [1.82, 2.24) is 0 Å². The Labute approximate surface area is 90.5 Å². The molecule has 0 aromatic heterocycles. The van der Waals surface area contributed by atoms with Gasteiger partial charge in [0.15, 0.2) is 5.78 Å². The molecule has 0 atom stereocenters. The molecule has 0 heterocycles. The van der Waals surface area contributed by atoms with Crippen LogP contribution >= 0.6 is 0 Å². The number of non-ortho nitro benzene ring substituents is 1. The van der Waals surface area contributed by atoms with Crippen molar-refractivity contribution >= 4 is 11.5 Å². The predicted octanol–water partition coefficient (Wildman–Crippen LogP) is 2.48. The van der Waals surface area contributed by atoms with E-state index in [1.807, 2.05) is 0 Å². The standard InChI is InChI=1S/C9H8N4O3/c10-12-11-5-4-9(14)7-2-1-3-8(6-7)13(15)16/h1-3,6H,4-5H2. The minimum atomic E-state index is -0.565. The summed E-state index contributed by atoms with van der Waals surface area (Å²) < 4.78 is 0. The van der Waals surface area contributed by atoms with E-state index in [1.54, 1.807) is 0 Å². The van der Waals surface area contributed by atoms with Gasteiger partial charge >= 0.3 is 0 Å². The van der Waals surface area contributed by atoms with Gasteiger partial charge in [-0.3, -0.25) is 14.9 Å². The van der Waals surface area contributed by atoms with Gasteiger partial charge in [-0.2, -0.15) is 0 Å². The third kappa shape index (κ3) is 3.07. The first kappa shape index (κ1) is 11.7. The Morgan fingerprint density at radius 1 is 1.56 bits per heavy atom. The molecular formula is C9H8N4O3. The number of azide groups is 1. The summed E-state index contributed by atoms with van der Waals surface area (Å²) in [6, 6.07) is 5.45. The smallest absolute Gasteiger partial charge is 0.270 e. The lowest BCUT2D eigenvalue weighted by Crippen LogP contribution is -2.01. The van der Waals surface area contributed by atoms with E-state index in [4.69, 9.17) is 5.53 Å². The largest absolute Gasteiger partial charge is 0.294 e. The van der Waals surface area contributed by atoms with E-state index in [9.17, 15) is 14.9 Å². The highest BCUT2D eigenvalue weighted by atomic mass is 16.6. The monoisotopic (exact) mass is 220 g/mol. The maximum atomic E-state index is 11.5. The van der Waals surface area contributed by atoms with Crippen molar-refractivity contribution in [3.63, 3.8) is 0 Å². The molecule has 0 aliphatic carbocycles. The fraction of sp³-hybridized carbons (Fsp3) is 0.222. The van der Waals surface area contributed by atoms with Gasteiger partial charge in [-0.05, 0) is 5.53 Å². The van der Waals surface area contributed by atoms with Gasteiger partial charge in [-0.1, -0.05) is 17.2 Å². The Morgan fingerprint density at radius 2 is 2.31 bits per heavy atom. The molecule has 0 fully saturated rings. The molecule has 0 spiro atoms. The van der Waals surface area contributed by atoms with Crippen LogP contribution in [-0.2, 0) is 0 Å². The Balaban J connectivity index is 2.79. The number of nitrogens with zero attached hydrogens (tertiary/aromatic N) is 4. The van der Waals surface area contributed by atoms with Crippen molar-refractivity contribution in [2.45, 2.75) is 6.42 Å². The zero-order chi connectivity index (χ0) is 12.0. The van der Waals surface area contributed by atoms with Gasteiger partial charge in [0.1, 0.15) is 0 Å². The first-order valence-electron chi connectivity index (χ1n) is 4.43. The molecule has 1 aromatic carbocycles. The summed E-state index contributed by atoms with van der Waals surface area (Å²) in [5, 5.41) is 13.7. The van der Waals surface area contributed by atoms with Crippen molar-refractivity contribution in [1.29, 1.82) is 0 Å². The van der Waals surface area contributed by atoms with Gasteiger partial charge in [0.2, 0.25) is 0 Å². The number of benzene rings is 1. The van der Waals surface area contributed by atoms with Crippen LogP contribution in [0.4, 0.5) is 5.69 Å². The molecular weight excluding hydrogens is 212 g/mol. The number of ketones is 1. The van der Waals surface area contributed by atoms with E-state index in [-0.39, 0.29) is 30.0 Å². The van der Waals surface area contributed by atoms with Crippen LogP contribution in [-0.4, -0.2) is 17.3 Å². The van der Waals surface area contributed by atoms with Crippen molar-refractivity contribution < 1.29 is 9.72 Å². The summed E-state index contributed by atoms with van der Waals surface area (Å²) in [5.41, 5.74) is 8.15. The first-order valence-corrected chi connectivity index (χ1v) is 4.43. The number of hydrogen-bond donors (Lipinski definition) is 0. The number of rotatable bonds is 5. The second kappa shape index (κ2) is 5.47. The Kier molecular flexibility index (Phi) is 3.99. The maximum absolute atomic E-state index is 11.5. The van der Waals surface area contributed by atoms with Crippen LogP contribution in [0.3, 0.4) is 0 Å². The van der Waals surface area contributed by atoms with Crippen molar-refractivity contribution in [2.75, 3.05) is 6.54 Å². The molecule has 16 heavy (non-hydrogen) atoms. The van der Waals surface area contributed by atoms with Gasteiger partial charge in [0.05, 0.1) is 4.92 Å². The van der Waals surface area contributed by atoms with Crippen molar-refractivity contribution in [3.8, 4) is 0 Å². The average molecular weight is 220 g/mol. The van der Waals surface area contributed by atoms with Crippen LogP contribution in [0.1, 0.15) is 16.8 Å². The molecule has 0 aliphatic heterocycles. The summed E-state index contributed by atoms with van der Waals surface area (Å²) in [6.45, 7) is 0.0536. The number of hydrogen-bond acceptors (Lipinski definition) is 4. The molecule has 82 valence electrons. The first-order chi connectivity index (χ1) is 7.65. The average Bonchev–Trinajstić information content (AvgIpc) is 2.29. The number of carbonyl (C=O) groups is 1. The number of nitro benzene ring substituents is 1. The van der Waals surface area contributed by atoms with E-state index >= 15 is 0 Å². The highest BCUT2D eigenvalue weighted by Crippen LogP contribution is 2.14. The topological polar surface area (TPSA) is 109 Å². The van der Waals surface area contributed by atoms with Gasteiger partial charge in [-0.25, -0.2) is 0 Å². The third-order valence-electron chi connectivity index (χ3n) is 1.88. The van der Waals surface area contributed by atoms with E-state index in [1.165, 1.54) is 24.3 Å². The molecule has 0 bridgehead atoms. The molecule has 0 saturated carbocycles. The molecule has 0 radical (unpaired) electrons. The van der Waals surface area contributed by atoms with Crippen LogP contribution in [0.25, 0.3) is 10.4 Å². The molecule has 0 saturated heterocycles. The van der Waals surface area contributed by atoms with Gasteiger partial charge in [-0.15, -0.1) is 0 Å². The Bertz CT molecular complexity index is 466. The SMILES string of the molecule is [N-]=[N+]=NCCC(=O)c1cccc([N+](=O)[O-])c1. The lowest BCUT2D eigenvalue weighted by Gasteiger charge is -1.98. The van der Waals surface area contributed by atoms with Crippen molar-refractivity contribution in [2.24, 2.45) is 5.11 Å². The zero-order valence-electron chi connectivity index (χ0n) is 8.24. The fourth-order valence-electron chi connectivity index (χ4n) is 1.13. The van der Waals surface area contributed by atoms with E-state index in [0.29, 0.717) is 0 Å². The Hall–Kier alpha value is -2.40. The highest BCUT2D eigenvalue weighted by Gasteiger charge is 2.10. The highest BCUT2D eigenvalue weighted by molar-refractivity contribution is 5.96. The minimum absolute atomic E-state index is 0.0469. The van der Waals surface area contributed by atoms with Crippen LogP contribution < -0.4 is 0 Å². The third-order valence-corrected chi connectivity index (χ3v) is 1.88. The zero-order valence-corrected chi connectivity index (χ0v) is 8.24. The minimum Gasteiger partial charge on any atom is -0.294 e. The van der Waals surface area contributed by atoms with E-state index in [0.717, 1.165) is 0 Å². The van der Waals surface area contributed by atoms with E-state index in [2.05, 4.69) is 10.0 Å². The molecule has 1 aromatic rings. The lowest BCUT2D eigenvalue weighted by atomic mass is 10.1. The number of carbonyl (C=O) groups excluding carboxylic acids is 1. The molecule has 1 rings (SSSR count). The summed E-state index contributed by atoms with van der Waals surface area (Å²) in [4.78, 5) is 23.9. The van der Waals surface area contributed by atoms with Gasteiger partial charge in [0.25, 0.3) is 5.69 Å². The summed E-state index contributed by atoms with van der Waals surface area (Å²) in [6.07, 6.45) is 0.0469. The fourth-order valence-corrected chi connectivity index (χ4v) is 1.13. The predicted molar refractivity (Wildman–Crippen MR) is 56.1 cm³/mol. The number of Topliss-reactive ketones (excluding diaryl/α,β-unsaturated/α-hetero) is 1. The maximum Gasteiger partial charge on any atom is 0.270 e. The summed E-state index contributed by atoms with van der Waals surface area (Å²) in [5.74, 6) is -0.281. The second-order valence-corrected chi connectivity index (χ2v) is 2.94. The Morgan fingerprint density at radius 3 is 2.94 bits per heavy atom. The molecule has 7 nitrogen and oxygen atoms in total. The normalized spacial score (nSPS) is 9.25. The molecule has 0 aliphatic rings. The second-order valence-electron chi connectivity index (χ2n) is 2.94.